The maximum Gasteiger partial charge on any atom is 0.306 e. The lowest BCUT2D eigenvalue weighted by Crippen LogP contribution is -2.50. The second-order valence-electron chi connectivity index (χ2n) is 4.20. The third-order valence-electron chi connectivity index (χ3n) is 2.59. The number of carbonyl (C=O) groups is 1. The standard InChI is InChI=1S/C10H19NO4/c1-7-6-15-8(2)4-11(7)5-9(12)3-10(13)14/h7-9,12H,3-6H2,1-2H3,(H,13,14). The van der Waals surface area contributed by atoms with Gasteiger partial charge in [0.15, 0.2) is 0 Å². The number of rotatable bonds is 4. The van der Waals surface area contributed by atoms with Gasteiger partial charge in [-0.2, -0.15) is 0 Å². The summed E-state index contributed by atoms with van der Waals surface area (Å²) in [6.45, 7) is 5.78. The van der Waals surface area contributed by atoms with E-state index in [4.69, 9.17) is 9.84 Å². The second-order valence-corrected chi connectivity index (χ2v) is 4.20. The van der Waals surface area contributed by atoms with Gasteiger partial charge >= 0.3 is 5.97 Å². The van der Waals surface area contributed by atoms with Crippen LogP contribution in [0.4, 0.5) is 0 Å². The normalized spacial score (nSPS) is 30.1. The van der Waals surface area contributed by atoms with Crippen LogP contribution in [0.3, 0.4) is 0 Å². The number of carboxylic acid groups (broad SMARTS) is 1. The van der Waals surface area contributed by atoms with Crippen molar-refractivity contribution >= 4 is 5.97 Å². The number of ether oxygens (including phenoxy) is 1. The fourth-order valence-electron chi connectivity index (χ4n) is 1.76. The molecule has 0 amide bonds. The molecule has 88 valence electrons. The molecule has 0 radical (unpaired) electrons. The van der Waals surface area contributed by atoms with Crippen molar-refractivity contribution in [2.75, 3.05) is 19.7 Å². The van der Waals surface area contributed by atoms with E-state index in [-0.39, 0.29) is 18.6 Å². The van der Waals surface area contributed by atoms with Gasteiger partial charge in [0.25, 0.3) is 0 Å². The zero-order valence-corrected chi connectivity index (χ0v) is 9.22. The van der Waals surface area contributed by atoms with Crippen molar-refractivity contribution in [1.82, 2.24) is 4.90 Å². The largest absolute Gasteiger partial charge is 0.481 e. The van der Waals surface area contributed by atoms with E-state index in [0.717, 1.165) is 6.54 Å². The summed E-state index contributed by atoms with van der Waals surface area (Å²) in [5.74, 6) is -0.962. The molecule has 1 heterocycles. The van der Waals surface area contributed by atoms with Gasteiger partial charge < -0.3 is 14.9 Å². The summed E-state index contributed by atoms with van der Waals surface area (Å²) in [6, 6.07) is 0.240. The van der Waals surface area contributed by atoms with Crippen molar-refractivity contribution in [3.8, 4) is 0 Å². The lowest BCUT2D eigenvalue weighted by Gasteiger charge is -2.37. The van der Waals surface area contributed by atoms with Gasteiger partial charge in [0.1, 0.15) is 0 Å². The van der Waals surface area contributed by atoms with Gasteiger partial charge in [-0.05, 0) is 13.8 Å². The number of β-amino-alcohol motifs (C(OH)–C–C–N with tert-alkyl or cyclic N) is 1. The molecule has 5 nitrogen and oxygen atoms in total. The molecule has 1 aliphatic heterocycles. The number of morpholine rings is 1. The topological polar surface area (TPSA) is 70.0 Å². The quantitative estimate of drug-likeness (QED) is 0.690. The SMILES string of the molecule is CC1CN(CC(O)CC(=O)O)C(C)CO1. The number of aliphatic hydroxyl groups excluding tert-OH is 1. The van der Waals surface area contributed by atoms with Gasteiger partial charge in [-0.15, -0.1) is 0 Å². The Morgan fingerprint density at radius 2 is 2.27 bits per heavy atom. The number of aliphatic hydroxyl groups is 1. The molecule has 0 aliphatic carbocycles. The maximum absolute atomic E-state index is 10.4. The van der Waals surface area contributed by atoms with Crippen LogP contribution in [0.15, 0.2) is 0 Å². The van der Waals surface area contributed by atoms with E-state index in [2.05, 4.69) is 4.90 Å². The molecular weight excluding hydrogens is 198 g/mol. The third-order valence-corrected chi connectivity index (χ3v) is 2.59. The molecule has 1 saturated heterocycles. The molecule has 0 aromatic rings. The Kier molecular flexibility index (Phi) is 4.50. The van der Waals surface area contributed by atoms with Crippen molar-refractivity contribution < 1.29 is 19.7 Å². The first kappa shape index (κ1) is 12.4. The average molecular weight is 217 g/mol. The summed E-state index contributed by atoms with van der Waals surface area (Å²) in [5.41, 5.74) is 0. The maximum atomic E-state index is 10.4. The van der Waals surface area contributed by atoms with E-state index < -0.39 is 12.1 Å². The van der Waals surface area contributed by atoms with Crippen molar-refractivity contribution in [2.24, 2.45) is 0 Å². The number of hydrogen-bond acceptors (Lipinski definition) is 4. The minimum absolute atomic E-state index is 0.151. The van der Waals surface area contributed by atoms with Gasteiger partial charge in [0.2, 0.25) is 0 Å². The fraction of sp³-hybridized carbons (Fsp3) is 0.900. The highest BCUT2D eigenvalue weighted by Crippen LogP contribution is 2.12. The molecule has 3 atom stereocenters. The van der Waals surface area contributed by atoms with Crippen LogP contribution in [0.2, 0.25) is 0 Å². The van der Waals surface area contributed by atoms with E-state index in [1.54, 1.807) is 0 Å². The van der Waals surface area contributed by atoms with E-state index in [0.29, 0.717) is 13.2 Å². The minimum Gasteiger partial charge on any atom is -0.481 e. The van der Waals surface area contributed by atoms with E-state index >= 15 is 0 Å². The summed E-state index contributed by atoms with van der Waals surface area (Å²) in [7, 11) is 0. The van der Waals surface area contributed by atoms with Crippen molar-refractivity contribution in [3.63, 3.8) is 0 Å². The van der Waals surface area contributed by atoms with Crippen molar-refractivity contribution in [1.29, 1.82) is 0 Å². The smallest absolute Gasteiger partial charge is 0.306 e. The predicted octanol–water partition coefficient (Wildman–Crippen LogP) is -0.0688. The van der Waals surface area contributed by atoms with Crippen molar-refractivity contribution in [3.05, 3.63) is 0 Å². The zero-order chi connectivity index (χ0) is 11.4. The van der Waals surface area contributed by atoms with Crippen LogP contribution in [-0.2, 0) is 9.53 Å². The van der Waals surface area contributed by atoms with Crippen LogP contribution in [0.1, 0.15) is 20.3 Å². The Hall–Kier alpha value is -0.650. The number of hydrogen-bond donors (Lipinski definition) is 2. The summed E-state index contributed by atoms with van der Waals surface area (Å²) >= 11 is 0. The summed E-state index contributed by atoms with van der Waals surface area (Å²) < 4.78 is 5.44. The molecule has 5 heteroatoms. The van der Waals surface area contributed by atoms with Crippen LogP contribution < -0.4 is 0 Å². The number of aliphatic carboxylic acids is 1. The molecule has 0 aromatic heterocycles. The number of carboxylic acids is 1. The highest BCUT2D eigenvalue weighted by Gasteiger charge is 2.25. The predicted molar refractivity (Wildman–Crippen MR) is 54.7 cm³/mol. The molecule has 0 aromatic carbocycles. The van der Waals surface area contributed by atoms with Crippen LogP contribution in [0.25, 0.3) is 0 Å². The second kappa shape index (κ2) is 5.44. The van der Waals surface area contributed by atoms with Gasteiger partial charge in [-0.25, -0.2) is 0 Å². The van der Waals surface area contributed by atoms with Gasteiger partial charge in [0.05, 0.1) is 25.2 Å². The molecule has 1 rings (SSSR count). The first-order valence-electron chi connectivity index (χ1n) is 5.24. The van der Waals surface area contributed by atoms with E-state index in [9.17, 15) is 9.90 Å². The van der Waals surface area contributed by atoms with Gasteiger partial charge in [-0.3, -0.25) is 9.69 Å². The Balaban J connectivity index is 2.38. The van der Waals surface area contributed by atoms with Gasteiger partial charge in [-0.1, -0.05) is 0 Å². The molecule has 1 fully saturated rings. The van der Waals surface area contributed by atoms with Gasteiger partial charge in [0, 0.05) is 19.1 Å². The lowest BCUT2D eigenvalue weighted by atomic mass is 10.1. The highest BCUT2D eigenvalue weighted by molar-refractivity contribution is 5.67. The van der Waals surface area contributed by atoms with Crippen LogP contribution in [-0.4, -0.2) is 59.0 Å². The van der Waals surface area contributed by atoms with E-state index in [1.807, 2.05) is 13.8 Å². The van der Waals surface area contributed by atoms with Crippen LogP contribution in [0.5, 0.6) is 0 Å². The average Bonchev–Trinajstić information content (AvgIpc) is 2.10. The Morgan fingerprint density at radius 1 is 1.60 bits per heavy atom. The monoisotopic (exact) mass is 217 g/mol. The third kappa shape index (κ3) is 4.15. The molecule has 15 heavy (non-hydrogen) atoms. The Morgan fingerprint density at radius 3 is 2.87 bits per heavy atom. The lowest BCUT2D eigenvalue weighted by molar-refractivity contribution is -0.140. The molecule has 3 unspecified atom stereocenters. The molecule has 0 saturated carbocycles. The molecule has 0 bridgehead atoms. The Labute approximate surface area is 89.6 Å². The highest BCUT2D eigenvalue weighted by atomic mass is 16.5. The number of nitrogens with zero attached hydrogens (tertiary/aromatic N) is 1. The fourth-order valence-corrected chi connectivity index (χ4v) is 1.76. The minimum atomic E-state index is -0.962. The van der Waals surface area contributed by atoms with E-state index in [1.165, 1.54) is 0 Å². The molecular formula is C10H19NO4. The van der Waals surface area contributed by atoms with Crippen LogP contribution in [0, 0.1) is 0 Å². The summed E-state index contributed by atoms with van der Waals surface area (Å²) in [4.78, 5) is 12.5. The zero-order valence-electron chi connectivity index (χ0n) is 9.22. The first-order chi connectivity index (χ1) is 6.99. The molecule has 2 N–H and O–H groups in total. The first-order valence-corrected chi connectivity index (χ1v) is 5.24. The molecule has 1 aliphatic rings. The Bertz CT molecular complexity index is 221. The molecule has 0 spiro atoms. The summed E-state index contributed by atoms with van der Waals surface area (Å²) in [6.07, 6.45) is -0.841. The van der Waals surface area contributed by atoms with Crippen molar-refractivity contribution in [2.45, 2.75) is 38.5 Å². The van der Waals surface area contributed by atoms with Crippen LogP contribution >= 0.6 is 0 Å². The summed E-state index contributed by atoms with van der Waals surface area (Å²) in [5, 5.41) is 18.0.